The first-order chi connectivity index (χ1) is 12.6. The Morgan fingerprint density at radius 1 is 1.08 bits per heavy atom. The van der Waals surface area contributed by atoms with Crippen LogP contribution in [0.1, 0.15) is 11.1 Å². The van der Waals surface area contributed by atoms with Gasteiger partial charge in [0, 0.05) is 44.0 Å². The summed E-state index contributed by atoms with van der Waals surface area (Å²) in [5.74, 6) is 0.00915. The molecular weight excluding hydrogens is 332 g/mol. The lowest BCUT2D eigenvalue weighted by Crippen LogP contribution is -2.41. The number of benzene rings is 2. The number of hydrogen-bond acceptors (Lipinski definition) is 5. The quantitative estimate of drug-likeness (QED) is 0.452. The Morgan fingerprint density at radius 2 is 1.81 bits per heavy atom. The summed E-state index contributed by atoms with van der Waals surface area (Å²) in [6, 6.07) is 14.6. The number of anilines is 1. The van der Waals surface area contributed by atoms with Crippen LogP contribution in [0.4, 0.5) is 11.4 Å². The second-order valence-electron chi connectivity index (χ2n) is 6.31. The molecule has 1 aliphatic heterocycles. The molecule has 0 unspecified atom stereocenters. The molecule has 0 atom stereocenters. The van der Waals surface area contributed by atoms with E-state index in [1.165, 1.54) is 23.3 Å². The summed E-state index contributed by atoms with van der Waals surface area (Å²) in [6.07, 6.45) is 0.977. The molecular formula is C19H22N4O3. The predicted molar refractivity (Wildman–Crippen MR) is 100 cm³/mol. The largest absolute Gasteiger partial charge is 0.383 e. The van der Waals surface area contributed by atoms with Gasteiger partial charge in [0.25, 0.3) is 5.69 Å². The van der Waals surface area contributed by atoms with Crippen molar-refractivity contribution >= 4 is 17.3 Å². The second kappa shape index (κ2) is 8.44. The van der Waals surface area contributed by atoms with Crippen LogP contribution in [0.2, 0.25) is 0 Å². The summed E-state index contributed by atoms with van der Waals surface area (Å²) in [4.78, 5) is 24.4. The molecule has 3 rings (SSSR count). The predicted octanol–water partition coefficient (Wildman–Crippen LogP) is 2.18. The molecule has 0 saturated carbocycles. The average molecular weight is 354 g/mol. The van der Waals surface area contributed by atoms with Gasteiger partial charge in [-0.05, 0) is 29.7 Å². The molecule has 136 valence electrons. The molecule has 1 amide bonds. The molecule has 7 heteroatoms. The van der Waals surface area contributed by atoms with E-state index < -0.39 is 4.92 Å². The number of carbonyl (C=O) groups is 1. The number of hydrogen-bond donors (Lipinski definition) is 2. The minimum absolute atomic E-state index is 0.00915. The number of nitro benzene ring substituents is 1. The molecule has 7 nitrogen and oxygen atoms in total. The molecule has 2 aromatic rings. The van der Waals surface area contributed by atoms with Crippen molar-refractivity contribution in [2.45, 2.75) is 13.0 Å². The molecule has 0 saturated heterocycles. The van der Waals surface area contributed by atoms with Crippen LogP contribution >= 0.6 is 0 Å². The molecule has 26 heavy (non-hydrogen) atoms. The molecule has 1 heterocycles. The Bertz CT molecular complexity index is 777. The highest BCUT2D eigenvalue weighted by atomic mass is 16.6. The highest BCUT2D eigenvalue weighted by molar-refractivity contribution is 5.78. The summed E-state index contributed by atoms with van der Waals surface area (Å²) in [5, 5.41) is 16.6. The molecule has 0 radical (unpaired) electrons. The first-order valence-electron chi connectivity index (χ1n) is 8.66. The van der Waals surface area contributed by atoms with E-state index in [0.717, 1.165) is 25.2 Å². The number of nitrogens with one attached hydrogen (secondary N) is 2. The molecule has 2 aromatic carbocycles. The monoisotopic (exact) mass is 354 g/mol. The highest BCUT2D eigenvalue weighted by Crippen LogP contribution is 2.18. The Labute approximate surface area is 152 Å². The average Bonchev–Trinajstić information content (AvgIpc) is 2.65. The van der Waals surface area contributed by atoms with Crippen LogP contribution in [0.15, 0.2) is 48.5 Å². The van der Waals surface area contributed by atoms with Crippen LogP contribution in [0.3, 0.4) is 0 Å². The van der Waals surface area contributed by atoms with Gasteiger partial charge >= 0.3 is 0 Å². The van der Waals surface area contributed by atoms with Gasteiger partial charge in [0.05, 0.1) is 11.5 Å². The lowest BCUT2D eigenvalue weighted by atomic mass is 10.00. The maximum absolute atomic E-state index is 12.1. The topological polar surface area (TPSA) is 87.5 Å². The van der Waals surface area contributed by atoms with E-state index in [4.69, 9.17) is 0 Å². The van der Waals surface area contributed by atoms with Gasteiger partial charge in [-0.3, -0.25) is 19.8 Å². The highest BCUT2D eigenvalue weighted by Gasteiger charge is 2.17. The first-order valence-corrected chi connectivity index (χ1v) is 8.66. The summed E-state index contributed by atoms with van der Waals surface area (Å²) in [7, 11) is 0. The Hall–Kier alpha value is -2.93. The zero-order chi connectivity index (χ0) is 18.4. The Morgan fingerprint density at radius 3 is 2.54 bits per heavy atom. The molecule has 2 N–H and O–H groups in total. The van der Waals surface area contributed by atoms with Gasteiger partial charge in [-0.25, -0.2) is 0 Å². The lowest BCUT2D eigenvalue weighted by molar-refractivity contribution is -0.384. The fraction of sp³-hybridized carbons (Fsp3) is 0.316. The van der Waals surface area contributed by atoms with Crippen LogP contribution in [-0.4, -0.2) is 41.9 Å². The third-order valence-corrected chi connectivity index (χ3v) is 4.43. The normalized spacial score (nSPS) is 13.7. The number of carbonyl (C=O) groups excluding carboxylic acids is 1. The van der Waals surface area contributed by atoms with Gasteiger partial charge in [0.15, 0.2) is 0 Å². The van der Waals surface area contributed by atoms with Crippen LogP contribution in [0.25, 0.3) is 0 Å². The van der Waals surface area contributed by atoms with Crippen molar-refractivity contribution in [2.75, 3.05) is 31.5 Å². The van der Waals surface area contributed by atoms with Crippen molar-refractivity contribution in [2.24, 2.45) is 0 Å². The zero-order valence-electron chi connectivity index (χ0n) is 14.5. The van der Waals surface area contributed by atoms with Crippen molar-refractivity contribution in [3.05, 3.63) is 69.8 Å². The van der Waals surface area contributed by atoms with E-state index in [0.29, 0.717) is 19.6 Å². The van der Waals surface area contributed by atoms with Gasteiger partial charge in [-0.15, -0.1) is 0 Å². The fourth-order valence-electron chi connectivity index (χ4n) is 3.06. The first kappa shape index (κ1) is 17.9. The number of rotatable bonds is 7. The second-order valence-corrected chi connectivity index (χ2v) is 6.31. The number of non-ortho nitro benzene ring substituents is 1. The van der Waals surface area contributed by atoms with E-state index in [1.54, 1.807) is 12.1 Å². The standard InChI is InChI=1S/C19H22N4O3/c24-19(14-22-12-9-15-3-1-2-4-16(15)13-22)21-11-10-20-17-5-7-18(8-6-17)23(25)26/h1-8,20H,9-14H2,(H,21,24). The van der Waals surface area contributed by atoms with Crippen LogP contribution in [0, 0.1) is 10.1 Å². The van der Waals surface area contributed by atoms with Crippen molar-refractivity contribution in [1.29, 1.82) is 0 Å². The molecule has 1 aliphatic rings. The molecule has 0 aromatic heterocycles. The Kier molecular flexibility index (Phi) is 5.80. The molecule has 0 spiro atoms. The van der Waals surface area contributed by atoms with E-state index in [1.807, 2.05) is 6.07 Å². The molecule has 0 aliphatic carbocycles. The zero-order valence-corrected chi connectivity index (χ0v) is 14.5. The van der Waals surface area contributed by atoms with Crippen molar-refractivity contribution in [3.63, 3.8) is 0 Å². The van der Waals surface area contributed by atoms with E-state index in [9.17, 15) is 14.9 Å². The van der Waals surface area contributed by atoms with Gasteiger partial charge < -0.3 is 10.6 Å². The van der Waals surface area contributed by atoms with Crippen LogP contribution < -0.4 is 10.6 Å². The van der Waals surface area contributed by atoms with Gasteiger partial charge in [0.2, 0.25) is 5.91 Å². The summed E-state index contributed by atoms with van der Waals surface area (Å²) >= 11 is 0. The maximum atomic E-state index is 12.1. The summed E-state index contributed by atoms with van der Waals surface area (Å²) in [6.45, 7) is 3.16. The third-order valence-electron chi connectivity index (χ3n) is 4.43. The number of amides is 1. The lowest BCUT2D eigenvalue weighted by Gasteiger charge is -2.28. The smallest absolute Gasteiger partial charge is 0.269 e. The molecule has 0 bridgehead atoms. The SMILES string of the molecule is O=C(CN1CCc2ccccc2C1)NCCNc1ccc([N+](=O)[O-])cc1. The molecule has 0 fully saturated rings. The minimum atomic E-state index is -0.428. The maximum Gasteiger partial charge on any atom is 0.269 e. The number of nitrogens with zero attached hydrogens (tertiary/aromatic N) is 2. The number of fused-ring (bicyclic) bond motifs is 1. The van der Waals surface area contributed by atoms with E-state index in [2.05, 4.69) is 33.7 Å². The van der Waals surface area contributed by atoms with E-state index in [-0.39, 0.29) is 11.6 Å². The number of nitro groups is 1. The van der Waals surface area contributed by atoms with Crippen LogP contribution in [0.5, 0.6) is 0 Å². The van der Waals surface area contributed by atoms with E-state index >= 15 is 0 Å². The van der Waals surface area contributed by atoms with Gasteiger partial charge in [0.1, 0.15) is 0 Å². The fourth-order valence-corrected chi connectivity index (χ4v) is 3.06. The van der Waals surface area contributed by atoms with Crippen molar-refractivity contribution in [1.82, 2.24) is 10.2 Å². The van der Waals surface area contributed by atoms with Crippen molar-refractivity contribution < 1.29 is 9.72 Å². The van der Waals surface area contributed by atoms with Crippen LogP contribution in [-0.2, 0) is 17.8 Å². The van der Waals surface area contributed by atoms with Crippen molar-refractivity contribution in [3.8, 4) is 0 Å². The van der Waals surface area contributed by atoms with Gasteiger partial charge in [-0.1, -0.05) is 24.3 Å². The summed E-state index contributed by atoms with van der Waals surface area (Å²) in [5.41, 5.74) is 3.52. The third kappa shape index (κ3) is 4.80. The minimum Gasteiger partial charge on any atom is -0.383 e. The van der Waals surface area contributed by atoms with Gasteiger partial charge in [-0.2, -0.15) is 0 Å². The summed E-state index contributed by atoms with van der Waals surface area (Å²) < 4.78 is 0. The Balaban J connectivity index is 1.36.